The first-order chi connectivity index (χ1) is 6.24. The second kappa shape index (κ2) is 3.24. The standard InChI is InChI=1S/C10H11NS2/c1-6-5-8(12-2)7-3-4-13-10(7)9(6)11/h3-5H,11H2,1-2H3. The maximum atomic E-state index is 5.99. The van der Waals surface area contributed by atoms with E-state index in [0.717, 1.165) is 5.69 Å². The summed E-state index contributed by atoms with van der Waals surface area (Å²) >= 11 is 3.50. The van der Waals surface area contributed by atoms with Gasteiger partial charge in [0.1, 0.15) is 0 Å². The van der Waals surface area contributed by atoms with Crippen molar-refractivity contribution < 1.29 is 0 Å². The smallest absolute Gasteiger partial charge is 0.0586 e. The number of thioether (sulfide) groups is 1. The van der Waals surface area contributed by atoms with E-state index in [9.17, 15) is 0 Å². The molecule has 1 heterocycles. The molecule has 0 bridgehead atoms. The third-order valence-corrected chi connectivity index (χ3v) is 3.89. The molecule has 1 aromatic heterocycles. The van der Waals surface area contributed by atoms with Gasteiger partial charge >= 0.3 is 0 Å². The zero-order valence-corrected chi connectivity index (χ0v) is 9.26. The van der Waals surface area contributed by atoms with Gasteiger partial charge in [-0.15, -0.1) is 23.1 Å². The summed E-state index contributed by atoms with van der Waals surface area (Å²) in [5.41, 5.74) is 8.10. The number of fused-ring (bicyclic) bond motifs is 1. The SMILES string of the molecule is CSc1cc(C)c(N)c2sccc12. The number of benzene rings is 1. The van der Waals surface area contributed by atoms with Crippen LogP contribution in [-0.4, -0.2) is 6.26 Å². The van der Waals surface area contributed by atoms with Crippen LogP contribution in [0.3, 0.4) is 0 Å². The van der Waals surface area contributed by atoms with E-state index in [-0.39, 0.29) is 0 Å². The second-order valence-corrected chi connectivity index (χ2v) is 4.74. The van der Waals surface area contributed by atoms with E-state index in [0.29, 0.717) is 0 Å². The Balaban J connectivity index is 2.87. The number of anilines is 1. The molecule has 0 aliphatic rings. The minimum absolute atomic E-state index is 0.933. The van der Waals surface area contributed by atoms with Crippen LogP contribution in [0.2, 0.25) is 0 Å². The van der Waals surface area contributed by atoms with Crippen molar-refractivity contribution in [2.24, 2.45) is 0 Å². The van der Waals surface area contributed by atoms with Crippen molar-refractivity contribution in [1.82, 2.24) is 0 Å². The first-order valence-electron chi connectivity index (χ1n) is 4.04. The molecule has 0 aliphatic heterocycles. The van der Waals surface area contributed by atoms with Gasteiger partial charge in [0.05, 0.1) is 10.4 Å². The van der Waals surface area contributed by atoms with Crippen LogP contribution >= 0.6 is 23.1 Å². The van der Waals surface area contributed by atoms with E-state index in [4.69, 9.17) is 5.73 Å². The highest BCUT2D eigenvalue weighted by molar-refractivity contribution is 7.98. The molecule has 1 nitrogen and oxygen atoms in total. The van der Waals surface area contributed by atoms with Crippen molar-refractivity contribution in [2.45, 2.75) is 11.8 Å². The molecule has 68 valence electrons. The second-order valence-electron chi connectivity index (χ2n) is 2.97. The van der Waals surface area contributed by atoms with Crippen LogP contribution in [0.4, 0.5) is 5.69 Å². The average molecular weight is 209 g/mol. The molecule has 1 aromatic carbocycles. The fourth-order valence-corrected chi connectivity index (χ4v) is 3.09. The largest absolute Gasteiger partial charge is 0.397 e. The van der Waals surface area contributed by atoms with Gasteiger partial charge in [0.2, 0.25) is 0 Å². The molecule has 0 radical (unpaired) electrons. The quantitative estimate of drug-likeness (QED) is 0.574. The Hall–Kier alpha value is -0.670. The highest BCUT2D eigenvalue weighted by Crippen LogP contribution is 2.36. The summed E-state index contributed by atoms with van der Waals surface area (Å²) in [6.45, 7) is 2.06. The van der Waals surface area contributed by atoms with E-state index in [2.05, 4.69) is 30.7 Å². The minimum Gasteiger partial charge on any atom is -0.397 e. The van der Waals surface area contributed by atoms with Crippen LogP contribution in [0.15, 0.2) is 22.4 Å². The van der Waals surface area contributed by atoms with Crippen LogP contribution in [0, 0.1) is 6.92 Å². The first kappa shape index (κ1) is 8.91. The molecular weight excluding hydrogens is 198 g/mol. The molecule has 0 aliphatic carbocycles. The maximum Gasteiger partial charge on any atom is 0.0586 e. The van der Waals surface area contributed by atoms with Gasteiger partial charge in [-0.05, 0) is 36.3 Å². The Labute approximate surface area is 85.9 Å². The molecule has 13 heavy (non-hydrogen) atoms. The third-order valence-electron chi connectivity index (χ3n) is 2.17. The average Bonchev–Trinajstić information content (AvgIpc) is 2.60. The Morgan fingerprint density at radius 3 is 2.92 bits per heavy atom. The van der Waals surface area contributed by atoms with Crippen LogP contribution in [-0.2, 0) is 0 Å². The van der Waals surface area contributed by atoms with Gasteiger partial charge in [-0.2, -0.15) is 0 Å². The first-order valence-corrected chi connectivity index (χ1v) is 6.14. The topological polar surface area (TPSA) is 26.0 Å². The summed E-state index contributed by atoms with van der Waals surface area (Å²) in [5, 5.41) is 3.39. The number of hydrogen-bond acceptors (Lipinski definition) is 3. The predicted molar refractivity (Wildman–Crippen MR) is 62.8 cm³/mol. The lowest BCUT2D eigenvalue weighted by Crippen LogP contribution is -1.89. The van der Waals surface area contributed by atoms with Gasteiger partial charge in [-0.25, -0.2) is 0 Å². The number of nitrogen functional groups attached to an aromatic ring is 1. The molecule has 2 aromatic rings. The lowest BCUT2D eigenvalue weighted by molar-refractivity contribution is 1.43. The van der Waals surface area contributed by atoms with E-state index in [1.54, 1.807) is 23.1 Å². The summed E-state index contributed by atoms with van der Waals surface area (Å²) in [5.74, 6) is 0. The van der Waals surface area contributed by atoms with Crippen LogP contribution in [0.5, 0.6) is 0 Å². The molecule has 0 spiro atoms. The Morgan fingerprint density at radius 1 is 1.46 bits per heavy atom. The van der Waals surface area contributed by atoms with Crippen LogP contribution in [0.1, 0.15) is 5.56 Å². The fraction of sp³-hybridized carbons (Fsp3) is 0.200. The third kappa shape index (κ3) is 1.32. The monoisotopic (exact) mass is 209 g/mol. The van der Waals surface area contributed by atoms with Crippen LogP contribution < -0.4 is 5.73 Å². The number of rotatable bonds is 1. The van der Waals surface area contributed by atoms with Crippen LogP contribution in [0.25, 0.3) is 10.1 Å². The van der Waals surface area contributed by atoms with Crippen molar-refractivity contribution in [1.29, 1.82) is 0 Å². The normalized spacial score (nSPS) is 10.9. The lowest BCUT2D eigenvalue weighted by atomic mass is 10.1. The van der Waals surface area contributed by atoms with E-state index < -0.39 is 0 Å². The molecular formula is C10H11NS2. The molecule has 3 heteroatoms. The molecule has 0 saturated heterocycles. The molecule has 0 amide bonds. The minimum atomic E-state index is 0.933. The summed E-state index contributed by atoms with van der Waals surface area (Å²) in [6, 6.07) is 4.30. The Kier molecular flexibility index (Phi) is 2.22. The van der Waals surface area contributed by atoms with Gasteiger partial charge in [0, 0.05) is 10.3 Å². The number of aryl methyl sites for hydroxylation is 1. The summed E-state index contributed by atoms with van der Waals surface area (Å²) < 4.78 is 1.23. The van der Waals surface area contributed by atoms with Gasteiger partial charge in [0.15, 0.2) is 0 Å². The van der Waals surface area contributed by atoms with Gasteiger partial charge < -0.3 is 5.73 Å². The Bertz CT molecular complexity index is 445. The summed E-state index contributed by atoms with van der Waals surface area (Å²) in [6.07, 6.45) is 2.10. The van der Waals surface area contributed by atoms with Crippen molar-refractivity contribution >= 4 is 38.9 Å². The van der Waals surface area contributed by atoms with E-state index in [1.807, 2.05) is 0 Å². The highest BCUT2D eigenvalue weighted by atomic mass is 32.2. The van der Waals surface area contributed by atoms with Crippen molar-refractivity contribution in [2.75, 3.05) is 12.0 Å². The summed E-state index contributed by atoms with van der Waals surface area (Å²) in [7, 11) is 0. The molecule has 0 saturated carbocycles. The predicted octanol–water partition coefficient (Wildman–Crippen LogP) is 3.51. The van der Waals surface area contributed by atoms with E-state index >= 15 is 0 Å². The molecule has 0 atom stereocenters. The van der Waals surface area contributed by atoms with Crippen molar-refractivity contribution in [3.63, 3.8) is 0 Å². The van der Waals surface area contributed by atoms with E-state index in [1.165, 1.54) is 20.5 Å². The zero-order valence-electron chi connectivity index (χ0n) is 7.63. The Morgan fingerprint density at radius 2 is 2.23 bits per heavy atom. The molecule has 0 unspecified atom stereocenters. The number of thiophene rings is 1. The molecule has 0 fully saturated rings. The number of nitrogens with two attached hydrogens (primary N) is 1. The van der Waals surface area contributed by atoms with Gasteiger partial charge in [-0.3, -0.25) is 0 Å². The number of hydrogen-bond donors (Lipinski definition) is 1. The summed E-state index contributed by atoms with van der Waals surface area (Å²) in [4.78, 5) is 1.32. The highest BCUT2D eigenvalue weighted by Gasteiger charge is 2.07. The molecule has 2 N–H and O–H groups in total. The maximum absolute atomic E-state index is 5.99. The zero-order chi connectivity index (χ0) is 9.42. The lowest BCUT2D eigenvalue weighted by Gasteiger charge is -2.05. The van der Waals surface area contributed by atoms with Gasteiger partial charge in [0.25, 0.3) is 0 Å². The van der Waals surface area contributed by atoms with Crippen molar-refractivity contribution in [3.8, 4) is 0 Å². The van der Waals surface area contributed by atoms with Gasteiger partial charge in [-0.1, -0.05) is 0 Å². The van der Waals surface area contributed by atoms with Crippen molar-refractivity contribution in [3.05, 3.63) is 23.1 Å². The molecule has 2 rings (SSSR count). The fourth-order valence-electron chi connectivity index (χ4n) is 1.41.